The Balaban J connectivity index is 2.96. The molecular weight excluding hydrogens is 302 g/mol. The average molecular weight is 309 g/mol. The average Bonchev–Trinajstić information content (AvgIpc) is 2.08. The number of alkyl halides is 1. The van der Waals surface area contributed by atoms with Crippen molar-refractivity contribution >= 4 is 38.0 Å². The number of amides is 1. The normalized spacial score (nSPS) is 9.69. The fourth-order valence-corrected chi connectivity index (χ4v) is 1.49. The van der Waals surface area contributed by atoms with E-state index in [9.17, 15) is 4.79 Å². The van der Waals surface area contributed by atoms with E-state index < -0.39 is 6.09 Å². The van der Waals surface area contributed by atoms with Crippen molar-refractivity contribution in [1.29, 1.82) is 0 Å². The molecule has 0 bridgehead atoms. The van der Waals surface area contributed by atoms with Crippen LogP contribution in [0.3, 0.4) is 0 Å². The van der Waals surface area contributed by atoms with Gasteiger partial charge in [0.05, 0.1) is 4.47 Å². The molecule has 5 heteroatoms. The lowest BCUT2D eigenvalue weighted by Crippen LogP contribution is -2.16. The molecule has 0 aliphatic carbocycles. The summed E-state index contributed by atoms with van der Waals surface area (Å²) in [4.78, 5) is 10.5. The van der Waals surface area contributed by atoms with Crippen LogP contribution in [0.1, 0.15) is 5.56 Å². The molecule has 0 spiro atoms. The Labute approximate surface area is 92.5 Å². The Morgan fingerprint density at radius 3 is 2.77 bits per heavy atom. The van der Waals surface area contributed by atoms with E-state index in [1.54, 1.807) is 12.1 Å². The van der Waals surface area contributed by atoms with E-state index in [0.717, 1.165) is 5.56 Å². The summed E-state index contributed by atoms with van der Waals surface area (Å²) >= 11 is 6.54. The summed E-state index contributed by atoms with van der Waals surface area (Å²) in [6, 6.07) is 5.45. The third-order valence-corrected chi connectivity index (χ3v) is 2.66. The number of carbonyl (C=O) groups is 1. The third kappa shape index (κ3) is 3.00. The monoisotopic (exact) mass is 307 g/mol. The second-order valence-electron chi connectivity index (χ2n) is 2.32. The minimum atomic E-state index is -0.813. The molecule has 0 aromatic heterocycles. The molecule has 0 aliphatic heterocycles. The number of rotatable bonds is 2. The maximum atomic E-state index is 10.5. The number of hydrogen-bond acceptors (Lipinski definition) is 2. The summed E-state index contributed by atoms with van der Waals surface area (Å²) in [5, 5.41) is 0.704. The van der Waals surface area contributed by atoms with E-state index in [1.165, 1.54) is 0 Å². The number of ether oxygens (including phenoxy) is 1. The Bertz CT molecular complexity index is 328. The van der Waals surface area contributed by atoms with Gasteiger partial charge in [0, 0.05) is 5.33 Å². The zero-order chi connectivity index (χ0) is 9.84. The second-order valence-corrected chi connectivity index (χ2v) is 3.73. The highest BCUT2D eigenvalue weighted by atomic mass is 79.9. The van der Waals surface area contributed by atoms with Crippen molar-refractivity contribution in [3.05, 3.63) is 28.2 Å². The van der Waals surface area contributed by atoms with Crippen LogP contribution >= 0.6 is 31.9 Å². The van der Waals surface area contributed by atoms with E-state index in [4.69, 9.17) is 10.5 Å². The molecular formula is C8H7Br2NO2. The fourth-order valence-electron chi connectivity index (χ4n) is 0.817. The van der Waals surface area contributed by atoms with E-state index >= 15 is 0 Å². The Morgan fingerprint density at radius 2 is 2.23 bits per heavy atom. The summed E-state index contributed by atoms with van der Waals surface area (Å²) in [6.07, 6.45) is -0.813. The third-order valence-electron chi connectivity index (χ3n) is 1.36. The van der Waals surface area contributed by atoms with Crippen molar-refractivity contribution in [2.45, 2.75) is 5.33 Å². The van der Waals surface area contributed by atoms with Crippen LogP contribution in [-0.4, -0.2) is 6.09 Å². The summed E-state index contributed by atoms with van der Waals surface area (Å²) in [6.45, 7) is 0. The van der Waals surface area contributed by atoms with E-state index in [2.05, 4.69) is 31.9 Å². The number of nitrogens with two attached hydrogens (primary N) is 1. The SMILES string of the molecule is NC(=O)Oc1cc(CBr)ccc1Br. The van der Waals surface area contributed by atoms with Crippen molar-refractivity contribution in [2.75, 3.05) is 0 Å². The van der Waals surface area contributed by atoms with Gasteiger partial charge in [-0.15, -0.1) is 0 Å². The number of benzene rings is 1. The van der Waals surface area contributed by atoms with Crippen LogP contribution in [0.25, 0.3) is 0 Å². The lowest BCUT2D eigenvalue weighted by molar-refractivity contribution is 0.210. The smallest absolute Gasteiger partial charge is 0.409 e. The maximum absolute atomic E-state index is 10.5. The Kier molecular flexibility index (Phi) is 3.74. The van der Waals surface area contributed by atoms with Gasteiger partial charge in [-0.1, -0.05) is 22.0 Å². The largest absolute Gasteiger partial charge is 0.410 e. The zero-order valence-electron chi connectivity index (χ0n) is 6.59. The first kappa shape index (κ1) is 10.5. The lowest BCUT2D eigenvalue weighted by atomic mass is 10.2. The van der Waals surface area contributed by atoms with Crippen molar-refractivity contribution < 1.29 is 9.53 Å². The Morgan fingerprint density at radius 1 is 1.54 bits per heavy atom. The van der Waals surface area contributed by atoms with Gasteiger partial charge in [0.1, 0.15) is 5.75 Å². The van der Waals surface area contributed by atoms with Gasteiger partial charge >= 0.3 is 6.09 Å². The molecule has 1 amide bonds. The van der Waals surface area contributed by atoms with Gasteiger partial charge in [0.15, 0.2) is 0 Å². The van der Waals surface area contributed by atoms with Crippen LogP contribution in [0.4, 0.5) is 4.79 Å². The standard InChI is InChI=1S/C8H7Br2NO2/c9-4-5-1-2-6(10)7(3-5)13-8(11)12/h1-3H,4H2,(H2,11,12). The van der Waals surface area contributed by atoms with Gasteiger partial charge in [-0.2, -0.15) is 0 Å². The number of primary amides is 1. The second kappa shape index (κ2) is 4.62. The van der Waals surface area contributed by atoms with Crippen LogP contribution < -0.4 is 10.5 Å². The summed E-state index contributed by atoms with van der Waals surface area (Å²) in [5.41, 5.74) is 5.90. The van der Waals surface area contributed by atoms with E-state index in [-0.39, 0.29) is 0 Å². The van der Waals surface area contributed by atoms with Crippen LogP contribution in [0.15, 0.2) is 22.7 Å². The molecule has 0 radical (unpaired) electrons. The van der Waals surface area contributed by atoms with Gasteiger partial charge < -0.3 is 10.5 Å². The van der Waals surface area contributed by atoms with Crippen molar-refractivity contribution in [3.8, 4) is 5.75 Å². The number of carbonyl (C=O) groups excluding carboxylic acids is 1. The first-order valence-corrected chi connectivity index (χ1v) is 5.36. The molecule has 1 aromatic carbocycles. The molecule has 0 fully saturated rings. The maximum Gasteiger partial charge on any atom is 0.410 e. The summed E-state index contributed by atoms with van der Waals surface area (Å²) in [7, 11) is 0. The molecule has 0 atom stereocenters. The lowest BCUT2D eigenvalue weighted by Gasteiger charge is -2.04. The van der Waals surface area contributed by atoms with Crippen molar-refractivity contribution in [3.63, 3.8) is 0 Å². The first-order valence-electron chi connectivity index (χ1n) is 3.45. The molecule has 0 saturated heterocycles. The topological polar surface area (TPSA) is 52.3 Å². The highest BCUT2D eigenvalue weighted by Gasteiger charge is 2.04. The van der Waals surface area contributed by atoms with Gasteiger partial charge in [0.2, 0.25) is 0 Å². The summed E-state index contributed by atoms with van der Waals surface area (Å²) in [5.74, 6) is 0.435. The molecule has 0 unspecified atom stereocenters. The molecule has 13 heavy (non-hydrogen) atoms. The van der Waals surface area contributed by atoms with Gasteiger partial charge in [0.25, 0.3) is 0 Å². The molecule has 70 valence electrons. The molecule has 0 heterocycles. The van der Waals surface area contributed by atoms with Gasteiger partial charge in [-0.25, -0.2) is 4.79 Å². The number of halogens is 2. The molecule has 1 aromatic rings. The van der Waals surface area contributed by atoms with Crippen LogP contribution in [0.5, 0.6) is 5.75 Å². The van der Waals surface area contributed by atoms with Crippen molar-refractivity contribution in [2.24, 2.45) is 5.73 Å². The van der Waals surface area contributed by atoms with Crippen molar-refractivity contribution in [1.82, 2.24) is 0 Å². The highest BCUT2D eigenvalue weighted by Crippen LogP contribution is 2.26. The fraction of sp³-hybridized carbons (Fsp3) is 0.125. The molecule has 0 aliphatic rings. The van der Waals surface area contributed by atoms with Crippen LogP contribution in [0, 0.1) is 0 Å². The molecule has 3 nitrogen and oxygen atoms in total. The molecule has 2 N–H and O–H groups in total. The molecule has 1 rings (SSSR count). The van der Waals surface area contributed by atoms with Crippen LogP contribution in [-0.2, 0) is 5.33 Å². The first-order chi connectivity index (χ1) is 6.13. The van der Waals surface area contributed by atoms with Gasteiger partial charge in [-0.05, 0) is 33.6 Å². The quantitative estimate of drug-likeness (QED) is 0.854. The van der Waals surface area contributed by atoms with E-state index in [1.807, 2.05) is 6.07 Å². The predicted octanol–water partition coefficient (Wildman–Crippen LogP) is 2.80. The predicted molar refractivity (Wildman–Crippen MR) is 57.0 cm³/mol. The van der Waals surface area contributed by atoms with E-state index in [0.29, 0.717) is 15.6 Å². The van der Waals surface area contributed by atoms with Crippen LogP contribution in [0.2, 0.25) is 0 Å². The van der Waals surface area contributed by atoms with Gasteiger partial charge in [-0.3, -0.25) is 0 Å². The Hall–Kier alpha value is -0.550. The minimum Gasteiger partial charge on any atom is -0.409 e. The zero-order valence-corrected chi connectivity index (χ0v) is 9.76. The summed E-state index contributed by atoms with van der Waals surface area (Å²) < 4.78 is 5.46. The highest BCUT2D eigenvalue weighted by molar-refractivity contribution is 9.10. The minimum absolute atomic E-state index is 0.435. The number of hydrogen-bond donors (Lipinski definition) is 1. The molecule has 0 saturated carbocycles.